The first-order valence-electron chi connectivity index (χ1n) is 6.51. The van der Waals surface area contributed by atoms with Crippen LogP contribution in [0.5, 0.6) is 0 Å². The average Bonchev–Trinajstić information content (AvgIpc) is 3.09. The molecule has 3 nitrogen and oxygen atoms in total. The molecular formula is C14H18FN3. The Bertz CT molecular complexity index is 584. The number of hydrogen-bond acceptors (Lipinski definition) is 2. The number of benzene rings is 1. The maximum Gasteiger partial charge on any atom is 0.151 e. The molecule has 2 atom stereocenters. The van der Waals surface area contributed by atoms with E-state index in [9.17, 15) is 4.39 Å². The van der Waals surface area contributed by atoms with Crippen molar-refractivity contribution in [2.45, 2.75) is 44.7 Å². The van der Waals surface area contributed by atoms with Gasteiger partial charge in [-0.3, -0.25) is 0 Å². The van der Waals surface area contributed by atoms with E-state index in [4.69, 9.17) is 5.73 Å². The van der Waals surface area contributed by atoms with E-state index < -0.39 is 0 Å². The van der Waals surface area contributed by atoms with Crippen molar-refractivity contribution in [3.63, 3.8) is 0 Å². The van der Waals surface area contributed by atoms with E-state index in [-0.39, 0.29) is 17.8 Å². The van der Waals surface area contributed by atoms with Crippen LogP contribution >= 0.6 is 0 Å². The molecule has 1 heterocycles. The van der Waals surface area contributed by atoms with Crippen molar-refractivity contribution in [1.29, 1.82) is 0 Å². The molecule has 0 radical (unpaired) electrons. The Labute approximate surface area is 106 Å². The highest BCUT2D eigenvalue weighted by atomic mass is 19.1. The number of aromatic nitrogens is 2. The number of halogens is 1. The summed E-state index contributed by atoms with van der Waals surface area (Å²) in [6.07, 6.45) is 2.31. The van der Waals surface area contributed by atoms with Gasteiger partial charge in [-0.05, 0) is 31.9 Å². The van der Waals surface area contributed by atoms with Gasteiger partial charge in [0.05, 0.1) is 5.52 Å². The summed E-state index contributed by atoms with van der Waals surface area (Å²) < 4.78 is 16.0. The monoisotopic (exact) mass is 247 g/mol. The Balaban J connectivity index is 2.24. The molecule has 96 valence electrons. The van der Waals surface area contributed by atoms with Gasteiger partial charge in [-0.2, -0.15) is 0 Å². The normalized spacial score (nSPS) is 19.1. The summed E-state index contributed by atoms with van der Waals surface area (Å²) in [6, 6.07) is 5.66. The summed E-state index contributed by atoms with van der Waals surface area (Å²) in [7, 11) is 0. The van der Waals surface area contributed by atoms with Crippen LogP contribution < -0.4 is 5.73 Å². The topological polar surface area (TPSA) is 43.8 Å². The Morgan fingerprint density at radius 1 is 1.39 bits per heavy atom. The van der Waals surface area contributed by atoms with E-state index in [0.717, 1.165) is 24.2 Å². The zero-order valence-corrected chi connectivity index (χ0v) is 10.7. The van der Waals surface area contributed by atoms with Gasteiger partial charge in [0, 0.05) is 18.0 Å². The van der Waals surface area contributed by atoms with E-state index in [1.54, 1.807) is 6.07 Å². The number of nitrogens with zero attached hydrogens (tertiary/aromatic N) is 2. The van der Waals surface area contributed by atoms with Gasteiger partial charge < -0.3 is 10.3 Å². The maximum absolute atomic E-state index is 13.8. The number of rotatable bonds is 3. The van der Waals surface area contributed by atoms with Gasteiger partial charge >= 0.3 is 0 Å². The molecule has 1 aliphatic carbocycles. The standard InChI is InChI=1S/C14H18FN3/c1-8(9(2)16)14-17-13-11(15)4-3-5-12(13)18(14)10-6-7-10/h3-5,8-10H,6-7,16H2,1-2H3. The highest BCUT2D eigenvalue weighted by molar-refractivity contribution is 5.77. The zero-order chi connectivity index (χ0) is 12.9. The Hall–Kier alpha value is -1.42. The molecule has 0 aliphatic heterocycles. The van der Waals surface area contributed by atoms with Gasteiger partial charge in [0.1, 0.15) is 11.3 Å². The number of hydrogen-bond donors (Lipinski definition) is 1. The van der Waals surface area contributed by atoms with Gasteiger partial charge in [-0.1, -0.05) is 13.0 Å². The first kappa shape index (κ1) is 11.7. The summed E-state index contributed by atoms with van der Waals surface area (Å²) in [5.41, 5.74) is 7.35. The predicted octanol–water partition coefficient (Wildman–Crippen LogP) is 2.96. The third-order valence-electron chi connectivity index (χ3n) is 3.81. The second-order valence-corrected chi connectivity index (χ2v) is 5.33. The average molecular weight is 247 g/mol. The minimum atomic E-state index is -0.245. The number of nitrogens with two attached hydrogens (primary N) is 1. The molecular weight excluding hydrogens is 229 g/mol. The molecule has 2 aromatic rings. The highest BCUT2D eigenvalue weighted by Crippen LogP contribution is 2.40. The molecule has 1 aromatic carbocycles. The molecule has 0 spiro atoms. The molecule has 1 aliphatic rings. The van der Waals surface area contributed by atoms with Crippen molar-refractivity contribution in [1.82, 2.24) is 9.55 Å². The molecule has 2 unspecified atom stereocenters. The molecule has 1 aromatic heterocycles. The van der Waals surface area contributed by atoms with E-state index in [0.29, 0.717) is 11.6 Å². The minimum absolute atomic E-state index is 0.0161. The highest BCUT2D eigenvalue weighted by Gasteiger charge is 2.31. The minimum Gasteiger partial charge on any atom is -0.327 e. The van der Waals surface area contributed by atoms with Crippen molar-refractivity contribution < 1.29 is 4.39 Å². The fourth-order valence-electron chi connectivity index (χ4n) is 2.37. The van der Waals surface area contributed by atoms with Crippen LogP contribution in [0, 0.1) is 5.82 Å². The first-order valence-corrected chi connectivity index (χ1v) is 6.51. The van der Waals surface area contributed by atoms with Crippen LogP contribution in [0.25, 0.3) is 11.0 Å². The fraction of sp³-hybridized carbons (Fsp3) is 0.500. The van der Waals surface area contributed by atoms with Gasteiger partial charge in [0.25, 0.3) is 0 Å². The van der Waals surface area contributed by atoms with Gasteiger partial charge in [-0.25, -0.2) is 9.37 Å². The number of para-hydroxylation sites is 1. The third-order valence-corrected chi connectivity index (χ3v) is 3.81. The lowest BCUT2D eigenvalue weighted by molar-refractivity contribution is 0.546. The Morgan fingerprint density at radius 2 is 2.11 bits per heavy atom. The van der Waals surface area contributed by atoms with Crippen LogP contribution in [0.3, 0.4) is 0 Å². The van der Waals surface area contributed by atoms with Crippen molar-refractivity contribution in [3.05, 3.63) is 29.8 Å². The lowest BCUT2D eigenvalue weighted by Gasteiger charge is -2.17. The van der Waals surface area contributed by atoms with Crippen molar-refractivity contribution >= 4 is 11.0 Å². The molecule has 4 heteroatoms. The van der Waals surface area contributed by atoms with Gasteiger partial charge in [-0.15, -0.1) is 0 Å². The van der Waals surface area contributed by atoms with Gasteiger partial charge in [0.2, 0.25) is 0 Å². The summed E-state index contributed by atoms with van der Waals surface area (Å²) in [5.74, 6) is 0.815. The molecule has 1 saturated carbocycles. The fourth-order valence-corrected chi connectivity index (χ4v) is 2.37. The molecule has 2 N–H and O–H groups in total. The molecule has 0 amide bonds. The number of imidazole rings is 1. The quantitative estimate of drug-likeness (QED) is 0.906. The lowest BCUT2D eigenvalue weighted by Crippen LogP contribution is -2.25. The molecule has 18 heavy (non-hydrogen) atoms. The van der Waals surface area contributed by atoms with Crippen LogP contribution in [0.2, 0.25) is 0 Å². The van der Waals surface area contributed by atoms with E-state index in [1.165, 1.54) is 6.07 Å². The summed E-state index contributed by atoms with van der Waals surface area (Å²) in [5, 5.41) is 0. The summed E-state index contributed by atoms with van der Waals surface area (Å²) in [6.45, 7) is 4.03. The SMILES string of the molecule is CC(N)C(C)c1nc2c(F)cccc2n1C1CC1. The molecule has 3 rings (SSSR count). The lowest BCUT2D eigenvalue weighted by atomic mass is 10.0. The van der Waals surface area contributed by atoms with Crippen LogP contribution in [0.15, 0.2) is 18.2 Å². The summed E-state index contributed by atoms with van der Waals surface area (Å²) in [4.78, 5) is 4.50. The Morgan fingerprint density at radius 3 is 2.72 bits per heavy atom. The molecule has 1 fully saturated rings. The second kappa shape index (κ2) is 4.05. The summed E-state index contributed by atoms with van der Waals surface area (Å²) >= 11 is 0. The predicted molar refractivity (Wildman–Crippen MR) is 70.0 cm³/mol. The van der Waals surface area contributed by atoms with Crippen LogP contribution in [0.1, 0.15) is 44.5 Å². The second-order valence-electron chi connectivity index (χ2n) is 5.33. The van der Waals surface area contributed by atoms with E-state index in [2.05, 4.69) is 16.5 Å². The van der Waals surface area contributed by atoms with E-state index in [1.807, 2.05) is 13.0 Å². The largest absolute Gasteiger partial charge is 0.327 e. The van der Waals surface area contributed by atoms with Crippen molar-refractivity contribution in [2.75, 3.05) is 0 Å². The zero-order valence-electron chi connectivity index (χ0n) is 10.7. The molecule has 0 bridgehead atoms. The first-order chi connectivity index (χ1) is 8.59. The van der Waals surface area contributed by atoms with Crippen LogP contribution in [-0.2, 0) is 0 Å². The van der Waals surface area contributed by atoms with Crippen LogP contribution in [0.4, 0.5) is 4.39 Å². The molecule has 0 saturated heterocycles. The smallest absolute Gasteiger partial charge is 0.151 e. The van der Waals surface area contributed by atoms with E-state index >= 15 is 0 Å². The van der Waals surface area contributed by atoms with Gasteiger partial charge in [0.15, 0.2) is 5.82 Å². The van der Waals surface area contributed by atoms with Crippen molar-refractivity contribution in [3.8, 4) is 0 Å². The third kappa shape index (κ3) is 1.72. The Kier molecular flexibility index (Phi) is 2.63. The van der Waals surface area contributed by atoms with Crippen LogP contribution in [-0.4, -0.2) is 15.6 Å². The number of fused-ring (bicyclic) bond motifs is 1. The maximum atomic E-state index is 13.8. The van der Waals surface area contributed by atoms with Crippen molar-refractivity contribution in [2.24, 2.45) is 5.73 Å².